The van der Waals surface area contributed by atoms with Crippen LogP contribution in [0.25, 0.3) is 0 Å². The highest BCUT2D eigenvalue weighted by Crippen LogP contribution is 2.27. The second-order valence-electron chi connectivity index (χ2n) is 7.20. The molecule has 0 saturated heterocycles. The molecule has 2 aromatic rings. The van der Waals surface area contributed by atoms with Gasteiger partial charge >= 0.3 is 0 Å². The Morgan fingerprint density at radius 1 is 1.16 bits per heavy atom. The standard InChI is InChI=1S/C21H29N5O4S.HI/c1-16(9-10-17-7-5-4-6-8-17)25-21(22-2)24-14-13-23-19-12-11-18(31(3,29)30)15-20(19)26(27)28;/h4-8,11-12,15-16,23H,9-10,13-14H2,1-3H3,(H2,22,24,25);1H. The third kappa shape index (κ3) is 8.99. The number of benzene rings is 2. The molecule has 1 unspecified atom stereocenters. The summed E-state index contributed by atoms with van der Waals surface area (Å²) in [6, 6.07) is 14.3. The number of hydrogen-bond acceptors (Lipinski definition) is 6. The zero-order valence-corrected chi connectivity index (χ0v) is 21.5. The van der Waals surface area contributed by atoms with E-state index in [1.54, 1.807) is 7.05 Å². The first-order valence-corrected chi connectivity index (χ1v) is 11.8. The van der Waals surface area contributed by atoms with Crippen molar-refractivity contribution in [1.82, 2.24) is 10.6 Å². The van der Waals surface area contributed by atoms with Crippen LogP contribution in [0.4, 0.5) is 11.4 Å². The highest BCUT2D eigenvalue weighted by Gasteiger charge is 2.18. The van der Waals surface area contributed by atoms with E-state index < -0.39 is 14.8 Å². The molecule has 0 spiro atoms. The van der Waals surface area contributed by atoms with Gasteiger partial charge in [0.2, 0.25) is 0 Å². The molecule has 11 heteroatoms. The van der Waals surface area contributed by atoms with Crippen LogP contribution < -0.4 is 16.0 Å². The first-order chi connectivity index (χ1) is 14.7. The first-order valence-electron chi connectivity index (χ1n) is 9.94. The molecule has 0 aromatic heterocycles. The van der Waals surface area contributed by atoms with E-state index in [9.17, 15) is 18.5 Å². The van der Waals surface area contributed by atoms with Gasteiger partial charge in [-0.05, 0) is 37.5 Å². The lowest BCUT2D eigenvalue weighted by atomic mass is 10.1. The molecule has 0 fully saturated rings. The van der Waals surface area contributed by atoms with E-state index in [1.165, 1.54) is 17.7 Å². The quantitative estimate of drug-likeness (QED) is 0.0993. The van der Waals surface area contributed by atoms with Gasteiger partial charge in [0.15, 0.2) is 15.8 Å². The van der Waals surface area contributed by atoms with E-state index in [4.69, 9.17) is 0 Å². The number of rotatable bonds is 10. The number of hydrogen-bond donors (Lipinski definition) is 3. The van der Waals surface area contributed by atoms with E-state index in [0.29, 0.717) is 19.0 Å². The minimum absolute atomic E-state index is 0. The summed E-state index contributed by atoms with van der Waals surface area (Å²) in [7, 11) is -1.84. The van der Waals surface area contributed by atoms with Crippen molar-refractivity contribution in [3.05, 3.63) is 64.2 Å². The van der Waals surface area contributed by atoms with Crippen LogP contribution in [-0.2, 0) is 16.3 Å². The minimum Gasteiger partial charge on any atom is -0.378 e. The monoisotopic (exact) mass is 575 g/mol. The Morgan fingerprint density at radius 2 is 1.84 bits per heavy atom. The summed E-state index contributed by atoms with van der Waals surface area (Å²) in [6.07, 6.45) is 2.92. The van der Waals surface area contributed by atoms with Crippen LogP contribution >= 0.6 is 24.0 Å². The SMILES string of the molecule is CN=C(NCCNc1ccc(S(C)(=O)=O)cc1[N+](=O)[O-])NC(C)CCc1ccccc1.I. The summed E-state index contributed by atoms with van der Waals surface area (Å²) in [6.45, 7) is 2.94. The van der Waals surface area contributed by atoms with E-state index in [1.807, 2.05) is 18.2 Å². The Morgan fingerprint density at radius 3 is 2.44 bits per heavy atom. The molecular formula is C21H30IN5O4S. The second-order valence-corrected chi connectivity index (χ2v) is 9.22. The molecule has 0 aliphatic carbocycles. The Hall–Kier alpha value is -2.41. The van der Waals surface area contributed by atoms with Gasteiger partial charge in [0, 0.05) is 38.5 Å². The Bertz CT molecular complexity index is 1020. The number of aryl methyl sites for hydroxylation is 1. The summed E-state index contributed by atoms with van der Waals surface area (Å²) in [5, 5.41) is 20.8. The van der Waals surface area contributed by atoms with Gasteiger partial charge in [-0.2, -0.15) is 0 Å². The number of nitro groups is 1. The topological polar surface area (TPSA) is 126 Å². The number of sulfone groups is 1. The average molecular weight is 575 g/mol. The molecule has 2 rings (SSSR count). The number of aliphatic imine (C=N–C) groups is 1. The zero-order chi connectivity index (χ0) is 22.9. The van der Waals surface area contributed by atoms with Gasteiger partial charge in [-0.1, -0.05) is 30.3 Å². The smallest absolute Gasteiger partial charge is 0.293 e. The molecule has 0 heterocycles. The van der Waals surface area contributed by atoms with Crippen molar-refractivity contribution in [3.63, 3.8) is 0 Å². The predicted molar refractivity (Wildman–Crippen MR) is 139 cm³/mol. The highest BCUT2D eigenvalue weighted by atomic mass is 127. The number of anilines is 1. The van der Waals surface area contributed by atoms with Crippen LogP contribution in [0.1, 0.15) is 18.9 Å². The molecule has 0 aliphatic rings. The molecule has 3 N–H and O–H groups in total. The molecule has 1 atom stereocenters. The molecule has 0 amide bonds. The number of nitro benzene ring substituents is 1. The van der Waals surface area contributed by atoms with Gasteiger partial charge in [-0.15, -0.1) is 24.0 Å². The first kappa shape index (κ1) is 27.6. The fourth-order valence-electron chi connectivity index (χ4n) is 2.95. The molecule has 0 radical (unpaired) electrons. The van der Waals surface area contributed by atoms with Gasteiger partial charge in [0.25, 0.3) is 5.69 Å². The fourth-order valence-corrected chi connectivity index (χ4v) is 3.59. The largest absolute Gasteiger partial charge is 0.378 e. The van der Waals surface area contributed by atoms with Gasteiger partial charge < -0.3 is 16.0 Å². The van der Waals surface area contributed by atoms with Crippen molar-refractivity contribution in [2.75, 3.05) is 31.7 Å². The van der Waals surface area contributed by atoms with Crippen molar-refractivity contribution in [2.45, 2.75) is 30.7 Å². The summed E-state index contributed by atoms with van der Waals surface area (Å²) < 4.78 is 23.3. The molecule has 32 heavy (non-hydrogen) atoms. The number of nitrogens with one attached hydrogen (secondary N) is 3. The van der Waals surface area contributed by atoms with Gasteiger partial charge in [-0.3, -0.25) is 15.1 Å². The Kier molecular flexibility index (Phi) is 11.4. The second kappa shape index (κ2) is 13.2. The van der Waals surface area contributed by atoms with Crippen LogP contribution in [0.15, 0.2) is 58.4 Å². The van der Waals surface area contributed by atoms with E-state index >= 15 is 0 Å². The maximum atomic E-state index is 11.6. The summed E-state index contributed by atoms with van der Waals surface area (Å²) in [4.78, 5) is 14.8. The van der Waals surface area contributed by atoms with Crippen LogP contribution in [0.5, 0.6) is 0 Å². The Balaban J connectivity index is 0.00000512. The maximum absolute atomic E-state index is 11.6. The van der Waals surface area contributed by atoms with E-state index in [0.717, 1.165) is 25.2 Å². The van der Waals surface area contributed by atoms with Crippen molar-refractivity contribution in [2.24, 2.45) is 4.99 Å². The minimum atomic E-state index is -3.52. The van der Waals surface area contributed by atoms with Crippen LogP contribution in [-0.4, -0.2) is 51.7 Å². The van der Waals surface area contributed by atoms with Gasteiger partial charge in [0.1, 0.15) is 5.69 Å². The molecule has 0 bridgehead atoms. The number of guanidine groups is 1. The molecular weight excluding hydrogens is 545 g/mol. The molecule has 0 saturated carbocycles. The van der Waals surface area contributed by atoms with E-state index in [-0.39, 0.29) is 46.3 Å². The lowest BCUT2D eigenvalue weighted by molar-refractivity contribution is -0.384. The predicted octanol–water partition coefficient (Wildman–Crippen LogP) is 3.21. The van der Waals surface area contributed by atoms with Crippen molar-refractivity contribution in [3.8, 4) is 0 Å². The van der Waals surface area contributed by atoms with Crippen LogP contribution in [0.3, 0.4) is 0 Å². The van der Waals surface area contributed by atoms with Crippen molar-refractivity contribution in [1.29, 1.82) is 0 Å². The third-order valence-corrected chi connectivity index (χ3v) is 5.75. The van der Waals surface area contributed by atoms with E-state index in [2.05, 4.69) is 40.0 Å². The lowest BCUT2D eigenvalue weighted by Gasteiger charge is -2.18. The molecule has 2 aromatic carbocycles. The summed E-state index contributed by atoms with van der Waals surface area (Å²) >= 11 is 0. The summed E-state index contributed by atoms with van der Waals surface area (Å²) in [5.74, 6) is 0.643. The Labute approximate surface area is 206 Å². The van der Waals surface area contributed by atoms with Crippen LogP contribution in [0, 0.1) is 10.1 Å². The molecule has 9 nitrogen and oxygen atoms in total. The van der Waals surface area contributed by atoms with Crippen LogP contribution in [0.2, 0.25) is 0 Å². The van der Waals surface area contributed by atoms with Crippen molar-refractivity contribution >= 4 is 51.1 Å². The fraction of sp³-hybridized carbons (Fsp3) is 0.381. The summed E-state index contributed by atoms with van der Waals surface area (Å²) in [5.41, 5.74) is 1.27. The highest BCUT2D eigenvalue weighted by molar-refractivity contribution is 14.0. The normalized spacial score (nSPS) is 12.4. The van der Waals surface area contributed by atoms with Crippen molar-refractivity contribution < 1.29 is 13.3 Å². The van der Waals surface area contributed by atoms with Gasteiger partial charge in [-0.25, -0.2) is 8.42 Å². The number of nitrogens with zero attached hydrogens (tertiary/aromatic N) is 2. The third-order valence-electron chi connectivity index (χ3n) is 4.64. The number of halogens is 1. The maximum Gasteiger partial charge on any atom is 0.293 e. The lowest BCUT2D eigenvalue weighted by Crippen LogP contribution is -2.43. The average Bonchev–Trinajstić information content (AvgIpc) is 2.74. The van der Waals surface area contributed by atoms with Gasteiger partial charge in [0.05, 0.1) is 9.82 Å². The zero-order valence-electron chi connectivity index (χ0n) is 18.4. The molecule has 176 valence electrons. The molecule has 0 aliphatic heterocycles.